The second-order valence-electron chi connectivity index (χ2n) is 3.06. The van der Waals surface area contributed by atoms with Crippen LogP contribution in [0.25, 0.3) is 0 Å². The van der Waals surface area contributed by atoms with Crippen LogP contribution in [0.2, 0.25) is 0 Å². The summed E-state index contributed by atoms with van der Waals surface area (Å²) in [6.45, 7) is 11.7. The van der Waals surface area contributed by atoms with Crippen molar-refractivity contribution in [1.82, 2.24) is 5.32 Å². The summed E-state index contributed by atoms with van der Waals surface area (Å²) >= 11 is 0. The van der Waals surface area contributed by atoms with Crippen LogP contribution in [-0.4, -0.2) is 18.5 Å². The Labute approximate surface area is 89.8 Å². The predicted octanol–water partition coefficient (Wildman–Crippen LogP) is 2.05. The molecule has 0 aromatic heterocycles. The second kappa shape index (κ2) is 6.73. The van der Waals surface area contributed by atoms with Gasteiger partial charge in [-0.25, -0.2) is 0 Å². The average molecular weight is 208 g/mol. The highest BCUT2D eigenvalue weighted by Gasteiger charge is 2.01. The normalized spacial score (nSPS) is 10.2. The Balaban J connectivity index is 4.18. The van der Waals surface area contributed by atoms with Gasteiger partial charge in [-0.2, -0.15) is 0 Å². The second-order valence-corrected chi connectivity index (χ2v) is 3.06. The summed E-state index contributed by atoms with van der Waals surface area (Å²) in [5, 5.41) is 13.2. The molecule has 15 heavy (non-hydrogen) atoms. The lowest BCUT2D eigenvalue weighted by Gasteiger charge is -2.03. The standard InChI is InChI=1S/C11H16N2O2/c1-9(10(2)7-8-12-4)5-6-11(3)13(14)15/h5-6,12H,1-3,7-8H2,4H3/b6-5-. The molecule has 0 saturated heterocycles. The van der Waals surface area contributed by atoms with Crippen molar-refractivity contribution >= 4 is 0 Å². The van der Waals surface area contributed by atoms with Crippen LogP contribution in [-0.2, 0) is 0 Å². The molecule has 0 amide bonds. The molecule has 0 radical (unpaired) electrons. The van der Waals surface area contributed by atoms with E-state index in [2.05, 4.69) is 25.1 Å². The van der Waals surface area contributed by atoms with Crippen molar-refractivity contribution in [1.29, 1.82) is 0 Å². The van der Waals surface area contributed by atoms with Gasteiger partial charge in [-0.1, -0.05) is 13.2 Å². The van der Waals surface area contributed by atoms with Crippen LogP contribution in [0.4, 0.5) is 0 Å². The fourth-order valence-electron chi connectivity index (χ4n) is 0.812. The highest BCUT2D eigenvalue weighted by atomic mass is 16.6. The van der Waals surface area contributed by atoms with Gasteiger partial charge in [0.2, 0.25) is 0 Å². The van der Waals surface area contributed by atoms with E-state index in [9.17, 15) is 10.1 Å². The van der Waals surface area contributed by atoms with Gasteiger partial charge in [0.1, 0.15) is 0 Å². The van der Waals surface area contributed by atoms with Gasteiger partial charge in [0.05, 0.1) is 4.92 Å². The number of allylic oxidation sites excluding steroid dienone is 3. The van der Waals surface area contributed by atoms with Crippen molar-refractivity contribution in [2.45, 2.75) is 6.42 Å². The summed E-state index contributed by atoms with van der Waals surface area (Å²) in [4.78, 5) is 9.70. The van der Waals surface area contributed by atoms with Crippen molar-refractivity contribution in [3.63, 3.8) is 0 Å². The molecular weight excluding hydrogens is 192 g/mol. The van der Waals surface area contributed by atoms with Crippen LogP contribution in [0.3, 0.4) is 0 Å². The molecule has 0 rings (SSSR count). The number of rotatable bonds is 7. The molecule has 1 N–H and O–H groups in total. The van der Waals surface area contributed by atoms with E-state index in [4.69, 9.17) is 0 Å². The van der Waals surface area contributed by atoms with Gasteiger partial charge in [0.15, 0.2) is 0 Å². The first-order chi connectivity index (χ1) is 6.99. The number of nitro groups is 1. The minimum Gasteiger partial charge on any atom is -0.319 e. The zero-order valence-electron chi connectivity index (χ0n) is 8.95. The predicted molar refractivity (Wildman–Crippen MR) is 62.1 cm³/mol. The Morgan fingerprint density at radius 1 is 1.40 bits per heavy atom. The van der Waals surface area contributed by atoms with Crippen LogP contribution >= 0.6 is 0 Å². The van der Waals surface area contributed by atoms with Gasteiger partial charge >= 0.3 is 0 Å². The monoisotopic (exact) mass is 208 g/mol. The van der Waals surface area contributed by atoms with Crippen LogP contribution in [0.5, 0.6) is 0 Å². The van der Waals surface area contributed by atoms with Gasteiger partial charge in [-0.15, -0.1) is 0 Å². The quantitative estimate of drug-likeness (QED) is 0.396. The third-order valence-electron chi connectivity index (χ3n) is 1.84. The molecule has 0 bridgehead atoms. The number of hydrogen-bond donors (Lipinski definition) is 1. The van der Waals surface area contributed by atoms with E-state index in [0.717, 1.165) is 18.5 Å². The van der Waals surface area contributed by atoms with E-state index < -0.39 is 4.92 Å². The van der Waals surface area contributed by atoms with E-state index >= 15 is 0 Å². The molecular formula is C11H16N2O2. The lowest BCUT2D eigenvalue weighted by Crippen LogP contribution is -2.08. The third-order valence-corrected chi connectivity index (χ3v) is 1.84. The topological polar surface area (TPSA) is 55.2 Å². The summed E-state index contributed by atoms with van der Waals surface area (Å²) in [5.74, 6) is 0. The van der Waals surface area contributed by atoms with E-state index in [-0.39, 0.29) is 5.70 Å². The lowest BCUT2D eigenvalue weighted by molar-refractivity contribution is -0.418. The summed E-state index contributed by atoms with van der Waals surface area (Å²) in [6, 6.07) is 0. The Bertz CT molecular complexity index is 317. The first kappa shape index (κ1) is 13.3. The minimum absolute atomic E-state index is 0.155. The van der Waals surface area contributed by atoms with Crippen LogP contribution < -0.4 is 5.32 Å². The Morgan fingerprint density at radius 3 is 2.47 bits per heavy atom. The maximum Gasteiger partial charge on any atom is 0.262 e. The summed E-state index contributed by atoms with van der Waals surface area (Å²) in [7, 11) is 1.85. The zero-order valence-corrected chi connectivity index (χ0v) is 8.95. The highest BCUT2D eigenvalue weighted by molar-refractivity contribution is 5.37. The van der Waals surface area contributed by atoms with E-state index in [1.165, 1.54) is 6.08 Å². The molecule has 0 unspecified atom stereocenters. The van der Waals surface area contributed by atoms with Gasteiger partial charge < -0.3 is 5.32 Å². The lowest BCUT2D eigenvalue weighted by atomic mass is 10.1. The van der Waals surface area contributed by atoms with Gasteiger partial charge in [-0.05, 0) is 43.8 Å². The summed E-state index contributed by atoms with van der Waals surface area (Å²) in [5.41, 5.74) is 1.39. The van der Waals surface area contributed by atoms with E-state index in [1.54, 1.807) is 6.08 Å². The largest absolute Gasteiger partial charge is 0.319 e. The average Bonchev–Trinajstić information content (AvgIpc) is 2.21. The van der Waals surface area contributed by atoms with E-state index in [0.29, 0.717) is 5.57 Å². The maximum absolute atomic E-state index is 10.2. The Morgan fingerprint density at radius 2 is 2.00 bits per heavy atom. The molecule has 4 heteroatoms. The molecule has 0 saturated carbocycles. The molecule has 0 fully saturated rings. The fourth-order valence-corrected chi connectivity index (χ4v) is 0.812. The van der Waals surface area contributed by atoms with Crippen LogP contribution in [0.1, 0.15) is 6.42 Å². The molecule has 0 atom stereocenters. The molecule has 0 aromatic carbocycles. The summed E-state index contributed by atoms with van der Waals surface area (Å²) in [6.07, 6.45) is 3.65. The first-order valence-corrected chi connectivity index (χ1v) is 4.52. The Hall–Kier alpha value is -1.68. The van der Waals surface area contributed by atoms with Gasteiger partial charge in [0.25, 0.3) is 5.70 Å². The van der Waals surface area contributed by atoms with Crippen LogP contribution in [0.15, 0.2) is 48.7 Å². The number of nitrogens with one attached hydrogen (secondary N) is 1. The fraction of sp³-hybridized carbons (Fsp3) is 0.273. The van der Waals surface area contributed by atoms with E-state index in [1.807, 2.05) is 7.05 Å². The van der Waals surface area contributed by atoms with Crippen molar-refractivity contribution in [2.24, 2.45) is 0 Å². The zero-order chi connectivity index (χ0) is 11.8. The molecule has 0 aromatic rings. The molecule has 0 aliphatic carbocycles. The molecule has 82 valence electrons. The van der Waals surface area contributed by atoms with Crippen molar-refractivity contribution in [3.05, 3.63) is 58.8 Å². The van der Waals surface area contributed by atoms with Crippen molar-refractivity contribution in [2.75, 3.05) is 13.6 Å². The van der Waals surface area contributed by atoms with Gasteiger partial charge in [0, 0.05) is 6.08 Å². The first-order valence-electron chi connectivity index (χ1n) is 4.52. The van der Waals surface area contributed by atoms with Crippen molar-refractivity contribution < 1.29 is 4.92 Å². The number of nitrogens with zero attached hydrogens (tertiary/aromatic N) is 1. The molecule has 0 aliphatic rings. The van der Waals surface area contributed by atoms with Gasteiger partial charge in [-0.3, -0.25) is 10.1 Å². The minimum atomic E-state index is -0.542. The maximum atomic E-state index is 10.2. The Kier molecular flexibility index (Phi) is 5.97. The summed E-state index contributed by atoms with van der Waals surface area (Å²) < 4.78 is 0. The SMILES string of the molecule is C=C(/C=C\C(=C)[N+](=O)[O-])C(=C)CCNC. The highest BCUT2D eigenvalue weighted by Crippen LogP contribution is 2.11. The molecule has 0 spiro atoms. The molecule has 4 nitrogen and oxygen atoms in total. The smallest absolute Gasteiger partial charge is 0.262 e. The van der Waals surface area contributed by atoms with Crippen LogP contribution in [0, 0.1) is 10.1 Å². The van der Waals surface area contributed by atoms with Crippen molar-refractivity contribution in [3.8, 4) is 0 Å². The molecule has 0 aliphatic heterocycles. The number of hydrogen-bond acceptors (Lipinski definition) is 3. The molecule has 0 heterocycles. The third kappa shape index (κ3) is 5.59.